The average Bonchev–Trinajstić information content (AvgIpc) is 3.04. The highest BCUT2D eigenvalue weighted by molar-refractivity contribution is 14.0. The van der Waals surface area contributed by atoms with Crippen molar-refractivity contribution in [3.05, 3.63) is 54.5 Å². The second-order valence-electron chi connectivity index (χ2n) is 4.54. The van der Waals surface area contributed by atoms with Gasteiger partial charge in [0, 0.05) is 12.2 Å². The summed E-state index contributed by atoms with van der Waals surface area (Å²) in [5, 5.41) is 8.98. The van der Waals surface area contributed by atoms with E-state index in [-0.39, 0.29) is 36.4 Å². The Bertz CT molecular complexity index is 600. The van der Waals surface area contributed by atoms with E-state index in [4.69, 9.17) is 4.42 Å². The molecule has 124 valence electrons. The monoisotopic (exact) mass is 428 g/mol. The maximum absolute atomic E-state index is 11.9. The van der Waals surface area contributed by atoms with Crippen molar-refractivity contribution in [2.24, 2.45) is 4.99 Å². The number of amides is 1. The first kappa shape index (κ1) is 19.0. The van der Waals surface area contributed by atoms with Crippen molar-refractivity contribution in [1.82, 2.24) is 10.6 Å². The molecule has 0 atom stereocenters. The Morgan fingerprint density at radius 1 is 1.13 bits per heavy atom. The molecule has 23 heavy (non-hydrogen) atoms. The number of hydrogen-bond donors (Lipinski definition) is 3. The first-order valence-corrected chi connectivity index (χ1v) is 7.17. The van der Waals surface area contributed by atoms with E-state index in [1.807, 2.05) is 49.4 Å². The van der Waals surface area contributed by atoms with Crippen LogP contribution in [0.4, 0.5) is 5.69 Å². The molecular weight excluding hydrogens is 407 g/mol. The molecule has 0 radical (unpaired) electrons. The van der Waals surface area contributed by atoms with E-state index in [1.165, 1.54) is 0 Å². The highest BCUT2D eigenvalue weighted by Gasteiger charge is 2.03. The average molecular weight is 428 g/mol. The third-order valence-electron chi connectivity index (χ3n) is 2.79. The molecule has 1 aromatic heterocycles. The number of halogens is 1. The van der Waals surface area contributed by atoms with E-state index >= 15 is 0 Å². The third kappa shape index (κ3) is 7.18. The number of rotatable bonds is 6. The molecule has 0 aliphatic heterocycles. The summed E-state index contributed by atoms with van der Waals surface area (Å²) in [5.74, 6) is 1.21. The van der Waals surface area contributed by atoms with E-state index in [2.05, 4.69) is 20.9 Å². The van der Waals surface area contributed by atoms with Crippen molar-refractivity contribution in [2.75, 3.05) is 18.4 Å². The van der Waals surface area contributed by atoms with Crippen LogP contribution in [-0.2, 0) is 11.3 Å². The van der Waals surface area contributed by atoms with Gasteiger partial charge in [-0.15, -0.1) is 24.0 Å². The SMILES string of the molecule is CCNC(=NCC(=O)Nc1ccccc1)NCc1ccco1.I. The largest absolute Gasteiger partial charge is 0.467 e. The molecule has 2 aromatic rings. The lowest BCUT2D eigenvalue weighted by Crippen LogP contribution is -2.37. The number of anilines is 1. The van der Waals surface area contributed by atoms with Crippen LogP contribution in [0.15, 0.2) is 58.1 Å². The fourth-order valence-electron chi connectivity index (χ4n) is 1.80. The molecule has 1 aromatic carbocycles. The van der Waals surface area contributed by atoms with Crippen molar-refractivity contribution in [1.29, 1.82) is 0 Å². The van der Waals surface area contributed by atoms with Gasteiger partial charge in [0.25, 0.3) is 0 Å². The van der Waals surface area contributed by atoms with Crippen LogP contribution < -0.4 is 16.0 Å². The third-order valence-corrected chi connectivity index (χ3v) is 2.79. The van der Waals surface area contributed by atoms with Gasteiger partial charge in [0.05, 0.1) is 12.8 Å². The number of hydrogen-bond acceptors (Lipinski definition) is 3. The minimum absolute atomic E-state index is 0. The van der Waals surface area contributed by atoms with E-state index in [0.29, 0.717) is 19.0 Å². The smallest absolute Gasteiger partial charge is 0.246 e. The zero-order valence-electron chi connectivity index (χ0n) is 12.9. The Morgan fingerprint density at radius 3 is 2.57 bits per heavy atom. The van der Waals surface area contributed by atoms with E-state index in [0.717, 1.165) is 11.4 Å². The summed E-state index contributed by atoms with van der Waals surface area (Å²) in [7, 11) is 0. The maximum atomic E-state index is 11.9. The Balaban J connectivity index is 0.00000264. The van der Waals surface area contributed by atoms with Gasteiger partial charge >= 0.3 is 0 Å². The summed E-state index contributed by atoms with van der Waals surface area (Å²) >= 11 is 0. The number of nitrogens with zero attached hydrogens (tertiary/aromatic N) is 1. The van der Waals surface area contributed by atoms with Gasteiger partial charge < -0.3 is 20.4 Å². The van der Waals surface area contributed by atoms with Crippen molar-refractivity contribution >= 4 is 41.5 Å². The molecule has 2 rings (SSSR count). The quantitative estimate of drug-likeness (QED) is 0.376. The number of carbonyl (C=O) groups is 1. The summed E-state index contributed by atoms with van der Waals surface area (Å²) in [6.45, 7) is 3.24. The number of benzene rings is 1. The number of guanidine groups is 1. The standard InChI is InChI=1S/C16H20N4O2.HI/c1-2-17-16(18-11-14-9-6-10-22-14)19-12-15(21)20-13-7-4-3-5-8-13;/h3-10H,2,11-12H2,1H3,(H,20,21)(H2,17,18,19);1H. The van der Waals surface area contributed by atoms with Crippen LogP contribution >= 0.6 is 24.0 Å². The van der Waals surface area contributed by atoms with Crippen LogP contribution in [0, 0.1) is 0 Å². The summed E-state index contributed by atoms with van der Waals surface area (Å²) < 4.78 is 5.24. The summed E-state index contributed by atoms with van der Waals surface area (Å²) in [4.78, 5) is 16.1. The van der Waals surface area contributed by atoms with Crippen molar-refractivity contribution < 1.29 is 9.21 Å². The summed E-state index contributed by atoms with van der Waals surface area (Å²) in [6.07, 6.45) is 1.62. The van der Waals surface area contributed by atoms with Crippen LogP contribution in [0.5, 0.6) is 0 Å². The Labute approximate surface area is 152 Å². The molecule has 1 heterocycles. The van der Waals surface area contributed by atoms with Gasteiger partial charge in [-0.2, -0.15) is 0 Å². The lowest BCUT2D eigenvalue weighted by atomic mass is 10.3. The molecule has 1 amide bonds. The topological polar surface area (TPSA) is 78.7 Å². The Morgan fingerprint density at radius 2 is 1.91 bits per heavy atom. The molecule has 0 saturated carbocycles. The van der Waals surface area contributed by atoms with Crippen LogP contribution in [-0.4, -0.2) is 25.0 Å². The van der Waals surface area contributed by atoms with E-state index in [1.54, 1.807) is 6.26 Å². The summed E-state index contributed by atoms with van der Waals surface area (Å²) in [6, 6.07) is 13.0. The number of nitrogens with one attached hydrogen (secondary N) is 3. The molecule has 0 fully saturated rings. The van der Waals surface area contributed by atoms with Gasteiger partial charge in [-0.25, -0.2) is 4.99 Å². The fraction of sp³-hybridized carbons (Fsp3) is 0.250. The van der Waals surface area contributed by atoms with Crippen LogP contribution in [0.3, 0.4) is 0 Å². The van der Waals surface area contributed by atoms with E-state index in [9.17, 15) is 4.79 Å². The van der Waals surface area contributed by atoms with E-state index < -0.39 is 0 Å². The Hall–Kier alpha value is -2.03. The normalized spacial score (nSPS) is 10.6. The predicted molar refractivity (Wildman–Crippen MR) is 102 cm³/mol. The zero-order valence-corrected chi connectivity index (χ0v) is 15.2. The van der Waals surface area contributed by atoms with Gasteiger partial charge in [-0.1, -0.05) is 18.2 Å². The molecule has 0 aliphatic rings. The van der Waals surface area contributed by atoms with Gasteiger partial charge in [0.2, 0.25) is 5.91 Å². The van der Waals surface area contributed by atoms with Crippen LogP contribution in [0.25, 0.3) is 0 Å². The first-order valence-electron chi connectivity index (χ1n) is 7.17. The molecule has 7 heteroatoms. The van der Waals surface area contributed by atoms with Gasteiger partial charge in [0.15, 0.2) is 5.96 Å². The molecular formula is C16H21IN4O2. The number of furan rings is 1. The lowest BCUT2D eigenvalue weighted by molar-refractivity contribution is -0.114. The minimum atomic E-state index is -0.165. The minimum Gasteiger partial charge on any atom is -0.467 e. The molecule has 0 saturated heterocycles. The highest BCUT2D eigenvalue weighted by Crippen LogP contribution is 2.04. The molecule has 0 unspecified atom stereocenters. The van der Waals surface area contributed by atoms with Crippen LogP contribution in [0.1, 0.15) is 12.7 Å². The molecule has 0 aliphatic carbocycles. The maximum Gasteiger partial charge on any atom is 0.246 e. The molecule has 0 spiro atoms. The molecule has 0 bridgehead atoms. The first-order chi connectivity index (χ1) is 10.8. The second kappa shape index (κ2) is 10.7. The highest BCUT2D eigenvalue weighted by atomic mass is 127. The van der Waals surface area contributed by atoms with Gasteiger partial charge in [0.1, 0.15) is 12.3 Å². The Kier molecular flexibility index (Phi) is 8.81. The number of aliphatic imine (C=N–C) groups is 1. The fourth-order valence-corrected chi connectivity index (χ4v) is 1.80. The van der Waals surface area contributed by atoms with Crippen LogP contribution in [0.2, 0.25) is 0 Å². The molecule has 3 N–H and O–H groups in total. The zero-order chi connectivity index (χ0) is 15.6. The van der Waals surface area contributed by atoms with Crippen molar-refractivity contribution in [3.8, 4) is 0 Å². The number of carbonyl (C=O) groups excluding carboxylic acids is 1. The summed E-state index contributed by atoms with van der Waals surface area (Å²) in [5.41, 5.74) is 0.760. The second-order valence-corrected chi connectivity index (χ2v) is 4.54. The lowest BCUT2D eigenvalue weighted by Gasteiger charge is -2.10. The van der Waals surface area contributed by atoms with Crippen molar-refractivity contribution in [2.45, 2.75) is 13.5 Å². The molecule has 6 nitrogen and oxygen atoms in total. The van der Waals surface area contributed by atoms with Crippen molar-refractivity contribution in [3.63, 3.8) is 0 Å². The number of para-hydroxylation sites is 1. The predicted octanol–water partition coefficient (Wildman–Crippen LogP) is 2.59. The van der Waals surface area contributed by atoms with Gasteiger partial charge in [-0.3, -0.25) is 4.79 Å². The van der Waals surface area contributed by atoms with Gasteiger partial charge in [-0.05, 0) is 31.2 Å².